The van der Waals surface area contributed by atoms with Crippen LogP contribution in [0.15, 0.2) is 188 Å². The average molecular weight is 749 g/mol. The van der Waals surface area contributed by atoms with Gasteiger partial charge in [0.1, 0.15) is 5.82 Å². The van der Waals surface area contributed by atoms with Crippen LogP contribution in [0.3, 0.4) is 0 Å². The quantitative estimate of drug-likeness (QED) is 0.149. The Morgan fingerprint density at radius 1 is 0.561 bits per heavy atom. The number of halogens is 1. The molecule has 0 radical (unpaired) electrons. The Balaban J connectivity index is 1.24. The summed E-state index contributed by atoms with van der Waals surface area (Å²) in [5, 5.41) is 7.54. The molecule has 0 aliphatic heterocycles. The first kappa shape index (κ1) is 33.7. The molecule has 9 aromatic carbocycles. The minimum absolute atomic E-state index is 0.216. The molecule has 0 N–H and O–H groups in total. The Labute approximate surface area is 335 Å². The molecule has 0 fully saturated rings. The molecule has 0 nitrogen and oxygen atoms in total. The van der Waals surface area contributed by atoms with Crippen LogP contribution in [-0.2, 0) is 11.8 Å². The van der Waals surface area contributed by atoms with Crippen LogP contribution in [-0.4, -0.2) is 0 Å². The molecule has 0 saturated heterocycles. The zero-order chi connectivity index (χ0) is 38.1. The maximum atomic E-state index is 14.8. The first-order chi connectivity index (χ1) is 28.1. The maximum absolute atomic E-state index is 14.8. The highest BCUT2D eigenvalue weighted by molar-refractivity contribution is 7.25. The zero-order valence-corrected chi connectivity index (χ0v) is 32.3. The molecule has 11 rings (SSSR count). The topological polar surface area (TPSA) is 0 Å². The van der Waals surface area contributed by atoms with Crippen LogP contribution in [0.5, 0.6) is 0 Å². The summed E-state index contributed by atoms with van der Waals surface area (Å²) in [6.07, 6.45) is 2.95. The number of hydrogen-bond donors (Lipinski definition) is 0. The van der Waals surface area contributed by atoms with Gasteiger partial charge in [-0.25, -0.2) is 4.39 Å². The van der Waals surface area contributed by atoms with Gasteiger partial charge in [0, 0.05) is 20.2 Å². The molecule has 1 unspecified atom stereocenters. The van der Waals surface area contributed by atoms with E-state index in [1.54, 1.807) is 6.07 Å². The Kier molecular flexibility index (Phi) is 7.84. The van der Waals surface area contributed by atoms with E-state index < -0.39 is 5.41 Å². The van der Waals surface area contributed by atoms with Gasteiger partial charge in [-0.15, -0.1) is 11.3 Å². The van der Waals surface area contributed by atoms with E-state index in [-0.39, 0.29) is 5.82 Å². The summed E-state index contributed by atoms with van der Waals surface area (Å²) in [6.45, 7) is 2.26. The van der Waals surface area contributed by atoms with E-state index in [0.717, 1.165) is 16.7 Å². The lowest BCUT2D eigenvalue weighted by atomic mass is 9.66. The van der Waals surface area contributed by atoms with Gasteiger partial charge in [0.05, 0.1) is 5.41 Å². The number of fused-ring (bicyclic) bond motifs is 9. The second kappa shape index (κ2) is 13.3. The third kappa shape index (κ3) is 5.25. The Bertz CT molecular complexity index is 3230. The number of benzene rings is 9. The van der Waals surface area contributed by atoms with Gasteiger partial charge < -0.3 is 0 Å². The average Bonchev–Trinajstić information content (AvgIpc) is 3.77. The highest BCUT2D eigenvalue weighted by atomic mass is 32.1. The third-order valence-corrected chi connectivity index (χ3v) is 13.3. The van der Waals surface area contributed by atoms with Crippen molar-refractivity contribution in [2.75, 3.05) is 0 Å². The predicted octanol–water partition coefficient (Wildman–Crippen LogP) is 15.0. The summed E-state index contributed by atoms with van der Waals surface area (Å²) < 4.78 is 17.3. The van der Waals surface area contributed by atoms with E-state index >= 15 is 0 Å². The van der Waals surface area contributed by atoms with E-state index in [9.17, 15) is 4.39 Å². The van der Waals surface area contributed by atoms with Gasteiger partial charge in [-0.1, -0.05) is 164 Å². The van der Waals surface area contributed by atoms with Crippen molar-refractivity contribution < 1.29 is 4.39 Å². The SMILES string of the molecule is Cc1cc2c(c3ccccc13)-c1ccc(/C=C(/Cc3cccc(F)c3)c3cccc4sc5ccccc5c34)cc1C2(c1ccccc1)c1cccc2ccccc12. The first-order valence-corrected chi connectivity index (χ1v) is 20.5. The molecule has 57 heavy (non-hydrogen) atoms. The van der Waals surface area contributed by atoms with Crippen LogP contribution < -0.4 is 0 Å². The molecule has 1 aliphatic rings. The Morgan fingerprint density at radius 2 is 1.26 bits per heavy atom. The second-order valence-electron chi connectivity index (χ2n) is 15.4. The molecule has 0 bridgehead atoms. The number of hydrogen-bond acceptors (Lipinski definition) is 1. The number of aryl methyl sites for hydroxylation is 1. The van der Waals surface area contributed by atoms with Crippen LogP contribution in [0, 0.1) is 12.7 Å². The van der Waals surface area contributed by atoms with Crippen LogP contribution in [0.2, 0.25) is 0 Å². The minimum atomic E-state index is -0.599. The number of thiophene rings is 1. The molecule has 270 valence electrons. The van der Waals surface area contributed by atoms with Crippen LogP contribution in [0.4, 0.5) is 4.39 Å². The summed E-state index contributed by atoms with van der Waals surface area (Å²) >= 11 is 1.83. The molecule has 1 atom stereocenters. The fraction of sp³-hybridized carbons (Fsp3) is 0.0545. The molecule has 0 spiro atoms. The van der Waals surface area contributed by atoms with Crippen molar-refractivity contribution in [1.82, 2.24) is 0 Å². The summed E-state index contributed by atoms with van der Waals surface area (Å²) in [5.41, 5.74) is 12.7. The third-order valence-electron chi connectivity index (χ3n) is 12.1. The predicted molar refractivity (Wildman–Crippen MR) is 241 cm³/mol. The standard InChI is InChI=1S/C55H37FS/c1-35-30-50-53(45-22-8-7-20-42(35)45)46-29-28-37(34-49(46)55(50,40-17-3-2-4-18-40)48-25-12-16-38-15-5-6-21-43(38)48)32-39(31-36-14-11-19-41(56)33-36)44-24-13-27-52-54(44)47-23-9-10-26-51(47)57-52/h2-30,32-34H,31H2,1H3/b39-32-. The number of rotatable bonds is 6. The Hall–Kier alpha value is -6.61. The van der Waals surface area contributed by atoms with E-state index in [4.69, 9.17) is 0 Å². The zero-order valence-electron chi connectivity index (χ0n) is 31.5. The van der Waals surface area contributed by atoms with Gasteiger partial charge in [-0.2, -0.15) is 0 Å². The fourth-order valence-corrected chi connectivity index (χ4v) is 10.9. The van der Waals surface area contributed by atoms with Crippen molar-refractivity contribution in [3.63, 3.8) is 0 Å². The highest BCUT2D eigenvalue weighted by Gasteiger charge is 2.47. The molecular formula is C55H37FS. The van der Waals surface area contributed by atoms with E-state index in [2.05, 4.69) is 177 Å². The monoisotopic (exact) mass is 748 g/mol. The fourth-order valence-electron chi connectivity index (χ4n) is 9.80. The van der Waals surface area contributed by atoms with E-state index in [1.165, 1.54) is 92.3 Å². The van der Waals surface area contributed by atoms with Crippen molar-refractivity contribution in [1.29, 1.82) is 0 Å². The highest BCUT2D eigenvalue weighted by Crippen LogP contribution is 2.59. The summed E-state index contributed by atoms with van der Waals surface area (Å²) in [6, 6.07) is 67.5. The molecular weight excluding hydrogens is 712 g/mol. The largest absolute Gasteiger partial charge is 0.207 e. The summed E-state index contributed by atoms with van der Waals surface area (Å²) in [7, 11) is 0. The molecule has 0 amide bonds. The van der Waals surface area contributed by atoms with Gasteiger partial charge in [0.2, 0.25) is 0 Å². The van der Waals surface area contributed by atoms with Gasteiger partial charge >= 0.3 is 0 Å². The van der Waals surface area contributed by atoms with Crippen molar-refractivity contribution in [3.05, 3.63) is 238 Å². The lowest BCUT2D eigenvalue weighted by Crippen LogP contribution is -2.29. The summed E-state index contributed by atoms with van der Waals surface area (Å²) in [4.78, 5) is 0. The first-order valence-electron chi connectivity index (χ1n) is 19.6. The van der Waals surface area contributed by atoms with Gasteiger partial charge in [-0.05, 0) is 126 Å². The maximum Gasteiger partial charge on any atom is 0.123 e. The Morgan fingerprint density at radius 3 is 2.12 bits per heavy atom. The lowest BCUT2D eigenvalue weighted by molar-refractivity contribution is 0.626. The van der Waals surface area contributed by atoms with Crippen molar-refractivity contribution >= 4 is 64.7 Å². The van der Waals surface area contributed by atoms with Gasteiger partial charge in [-0.3, -0.25) is 0 Å². The van der Waals surface area contributed by atoms with E-state index in [0.29, 0.717) is 6.42 Å². The molecule has 1 aliphatic carbocycles. The lowest BCUT2D eigenvalue weighted by Gasteiger charge is -2.35. The smallest absolute Gasteiger partial charge is 0.123 e. The summed E-state index contributed by atoms with van der Waals surface area (Å²) in [5.74, 6) is -0.216. The minimum Gasteiger partial charge on any atom is -0.207 e. The molecule has 0 saturated carbocycles. The van der Waals surface area contributed by atoms with Crippen molar-refractivity contribution in [2.24, 2.45) is 0 Å². The van der Waals surface area contributed by atoms with Crippen molar-refractivity contribution in [3.8, 4) is 11.1 Å². The van der Waals surface area contributed by atoms with Crippen LogP contribution in [0.1, 0.15) is 44.5 Å². The molecule has 2 heteroatoms. The van der Waals surface area contributed by atoms with Crippen LogP contribution in [0.25, 0.3) is 64.5 Å². The van der Waals surface area contributed by atoms with Crippen LogP contribution >= 0.6 is 11.3 Å². The molecule has 1 heterocycles. The normalized spacial score (nSPS) is 15.1. The number of allylic oxidation sites excluding steroid dienone is 1. The molecule has 10 aromatic rings. The van der Waals surface area contributed by atoms with E-state index in [1.807, 2.05) is 23.5 Å². The molecule has 1 aromatic heterocycles. The van der Waals surface area contributed by atoms with Gasteiger partial charge in [0.25, 0.3) is 0 Å². The van der Waals surface area contributed by atoms with Crippen molar-refractivity contribution in [2.45, 2.75) is 18.8 Å². The second-order valence-corrected chi connectivity index (χ2v) is 16.4. The van der Waals surface area contributed by atoms with Gasteiger partial charge in [0.15, 0.2) is 0 Å².